The van der Waals surface area contributed by atoms with Gasteiger partial charge in [-0.25, -0.2) is 0 Å². The number of rotatable bonds is 6. The molecule has 0 aromatic heterocycles. The first-order chi connectivity index (χ1) is 11.9. The van der Waals surface area contributed by atoms with Gasteiger partial charge in [-0.2, -0.15) is 13.2 Å². The number of likely N-dealkylation sites (tertiary alicyclic amines) is 1. The molecule has 148 valence electrons. The Morgan fingerprint density at radius 3 is 2.50 bits per heavy atom. The maximum absolute atomic E-state index is 12.1. The summed E-state index contributed by atoms with van der Waals surface area (Å²) < 4.78 is 41.1. The normalized spacial score (nSPS) is 18.3. The molecule has 2 N–H and O–H groups in total. The summed E-state index contributed by atoms with van der Waals surface area (Å²) in [6, 6.07) is 7.05. The molecular weight excluding hydrogens is 460 g/mol. The van der Waals surface area contributed by atoms with E-state index in [1.165, 1.54) is 25.0 Å². The number of ether oxygens (including phenoxy) is 1. The van der Waals surface area contributed by atoms with E-state index in [9.17, 15) is 13.2 Å². The van der Waals surface area contributed by atoms with Crippen molar-refractivity contribution in [1.29, 1.82) is 0 Å². The molecule has 0 radical (unpaired) electrons. The van der Waals surface area contributed by atoms with E-state index in [2.05, 4.69) is 27.6 Å². The van der Waals surface area contributed by atoms with Crippen LogP contribution in [-0.2, 0) is 6.54 Å². The fourth-order valence-electron chi connectivity index (χ4n) is 2.73. The molecule has 1 aromatic carbocycles. The number of guanidine groups is 1. The lowest BCUT2D eigenvalue weighted by Gasteiger charge is -2.21. The van der Waals surface area contributed by atoms with E-state index in [4.69, 9.17) is 4.74 Å². The summed E-state index contributed by atoms with van der Waals surface area (Å²) in [5.74, 6) is 0.908. The second kappa shape index (κ2) is 10.8. The van der Waals surface area contributed by atoms with E-state index in [-0.39, 0.29) is 29.7 Å². The van der Waals surface area contributed by atoms with E-state index >= 15 is 0 Å². The van der Waals surface area contributed by atoms with Crippen LogP contribution >= 0.6 is 24.0 Å². The molecular formula is C17H26F3IN4O. The number of halogens is 4. The van der Waals surface area contributed by atoms with Crippen molar-refractivity contribution in [2.24, 2.45) is 4.99 Å². The fourth-order valence-corrected chi connectivity index (χ4v) is 2.73. The molecule has 2 rings (SSSR count). The van der Waals surface area contributed by atoms with E-state index < -0.39 is 12.8 Å². The molecule has 5 nitrogen and oxygen atoms in total. The monoisotopic (exact) mass is 486 g/mol. The van der Waals surface area contributed by atoms with Gasteiger partial charge in [0.15, 0.2) is 12.6 Å². The Bertz CT molecular complexity index is 566. The van der Waals surface area contributed by atoms with Crippen molar-refractivity contribution >= 4 is 29.9 Å². The largest absolute Gasteiger partial charge is 0.484 e. The highest BCUT2D eigenvalue weighted by Gasteiger charge is 2.28. The van der Waals surface area contributed by atoms with Crippen LogP contribution in [0.15, 0.2) is 29.3 Å². The molecule has 1 atom stereocenters. The fraction of sp³-hybridized carbons (Fsp3) is 0.588. The third-order valence-corrected chi connectivity index (χ3v) is 4.19. The molecule has 1 fully saturated rings. The van der Waals surface area contributed by atoms with E-state index in [0.717, 1.165) is 18.7 Å². The number of aliphatic imine (C=N–C) groups is 1. The lowest BCUT2D eigenvalue weighted by molar-refractivity contribution is -0.153. The van der Waals surface area contributed by atoms with Crippen LogP contribution in [0.1, 0.15) is 18.4 Å². The minimum atomic E-state index is -4.33. The zero-order valence-electron chi connectivity index (χ0n) is 15.0. The molecule has 0 bridgehead atoms. The molecule has 1 heterocycles. The summed E-state index contributed by atoms with van der Waals surface area (Å²) in [6.07, 6.45) is -1.93. The summed E-state index contributed by atoms with van der Waals surface area (Å²) in [5.41, 5.74) is 0.931. The molecule has 0 amide bonds. The average molecular weight is 486 g/mol. The third-order valence-electron chi connectivity index (χ3n) is 4.19. The summed E-state index contributed by atoms with van der Waals surface area (Å²) in [4.78, 5) is 6.52. The van der Waals surface area contributed by atoms with Gasteiger partial charge in [0, 0.05) is 26.2 Å². The van der Waals surface area contributed by atoms with Gasteiger partial charge >= 0.3 is 6.18 Å². The number of hydrogen-bond acceptors (Lipinski definition) is 3. The van der Waals surface area contributed by atoms with Crippen LogP contribution in [0.2, 0.25) is 0 Å². The van der Waals surface area contributed by atoms with Crippen LogP contribution in [0.5, 0.6) is 5.75 Å². The highest BCUT2D eigenvalue weighted by atomic mass is 127. The Hall–Kier alpha value is -1.23. The lowest BCUT2D eigenvalue weighted by Crippen LogP contribution is -2.43. The predicted molar refractivity (Wildman–Crippen MR) is 107 cm³/mol. The van der Waals surface area contributed by atoms with E-state index in [1.54, 1.807) is 19.2 Å². The standard InChI is InChI=1S/C17H25F3N4O.HI/c1-21-16(23-11-14-4-3-9-24(14)2)22-10-13-5-7-15(8-6-13)25-12-17(18,19)20;/h5-8,14H,3-4,9-12H2,1-2H3,(H2,21,22,23);1H. The molecule has 1 aliphatic rings. The molecule has 0 spiro atoms. The van der Waals surface area contributed by atoms with Gasteiger partial charge in [0.2, 0.25) is 0 Å². The second-order valence-corrected chi connectivity index (χ2v) is 6.13. The van der Waals surface area contributed by atoms with Gasteiger partial charge in [-0.3, -0.25) is 4.99 Å². The van der Waals surface area contributed by atoms with Crippen LogP contribution < -0.4 is 15.4 Å². The van der Waals surface area contributed by atoms with Gasteiger partial charge in [-0.15, -0.1) is 24.0 Å². The Kier molecular flexibility index (Phi) is 9.48. The highest BCUT2D eigenvalue weighted by Crippen LogP contribution is 2.18. The molecule has 1 unspecified atom stereocenters. The highest BCUT2D eigenvalue weighted by molar-refractivity contribution is 14.0. The Morgan fingerprint density at radius 1 is 1.27 bits per heavy atom. The Labute approximate surface area is 169 Å². The molecule has 0 aliphatic carbocycles. The molecule has 1 aliphatic heterocycles. The van der Waals surface area contributed by atoms with Crippen molar-refractivity contribution < 1.29 is 17.9 Å². The van der Waals surface area contributed by atoms with Gasteiger partial charge in [-0.05, 0) is 44.1 Å². The van der Waals surface area contributed by atoms with Crippen molar-refractivity contribution in [2.75, 3.05) is 33.8 Å². The second-order valence-electron chi connectivity index (χ2n) is 6.13. The summed E-state index contributed by atoms with van der Waals surface area (Å²) in [5, 5.41) is 6.51. The number of nitrogens with one attached hydrogen (secondary N) is 2. The topological polar surface area (TPSA) is 48.9 Å². The number of likely N-dealkylation sites (N-methyl/N-ethyl adjacent to an activating group) is 1. The number of nitrogens with zero attached hydrogens (tertiary/aromatic N) is 2. The van der Waals surface area contributed by atoms with Gasteiger partial charge < -0.3 is 20.3 Å². The van der Waals surface area contributed by atoms with Crippen LogP contribution in [0.4, 0.5) is 13.2 Å². The van der Waals surface area contributed by atoms with Crippen LogP contribution in [0.25, 0.3) is 0 Å². The van der Waals surface area contributed by atoms with Gasteiger partial charge in [-0.1, -0.05) is 12.1 Å². The van der Waals surface area contributed by atoms with E-state index in [1.807, 2.05) is 0 Å². The molecule has 1 aromatic rings. The first-order valence-electron chi connectivity index (χ1n) is 8.30. The minimum absolute atomic E-state index is 0. The quantitative estimate of drug-likeness (QED) is 0.369. The first kappa shape index (κ1) is 22.8. The van der Waals surface area contributed by atoms with Crippen LogP contribution in [0.3, 0.4) is 0 Å². The zero-order chi connectivity index (χ0) is 18.3. The summed E-state index contributed by atoms with van der Waals surface area (Å²) >= 11 is 0. The van der Waals surface area contributed by atoms with Gasteiger partial charge in [0.25, 0.3) is 0 Å². The first-order valence-corrected chi connectivity index (χ1v) is 8.30. The van der Waals surface area contributed by atoms with E-state index in [0.29, 0.717) is 18.5 Å². The smallest absolute Gasteiger partial charge is 0.422 e. The lowest BCUT2D eigenvalue weighted by atomic mass is 10.2. The average Bonchev–Trinajstić information content (AvgIpc) is 2.98. The number of benzene rings is 1. The summed E-state index contributed by atoms with van der Waals surface area (Å²) in [6.45, 7) is 1.21. The maximum atomic E-state index is 12.1. The van der Waals surface area contributed by atoms with Crippen molar-refractivity contribution in [1.82, 2.24) is 15.5 Å². The maximum Gasteiger partial charge on any atom is 0.422 e. The number of hydrogen-bond donors (Lipinski definition) is 2. The van der Waals surface area contributed by atoms with Crippen LogP contribution in [-0.4, -0.2) is 56.9 Å². The Morgan fingerprint density at radius 2 is 1.96 bits per heavy atom. The van der Waals surface area contributed by atoms with Crippen molar-refractivity contribution in [2.45, 2.75) is 31.6 Å². The van der Waals surface area contributed by atoms with Gasteiger partial charge in [0.05, 0.1) is 0 Å². The third kappa shape index (κ3) is 7.98. The minimum Gasteiger partial charge on any atom is -0.484 e. The van der Waals surface area contributed by atoms with Gasteiger partial charge in [0.1, 0.15) is 5.75 Å². The number of alkyl halides is 3. The molecule has 1 saturated heterocycles. The van der Waals surface area contributed by atoms with Crippen LogP contribution in [0, 0.1) is 0 Å². The molecule has 0 saturated carbocycles. The van der Waals surface area contributed by atoms with Crippen molar-refractivity contribution in [3.05, 3.63) is 29.8 Å². The molecule has 9 heteroatoms. The molecule has 26 heavy (non-hydrogen) atoms. The summed E-state index contributed by atoms with van der Waals surface area (Å²) in [7, 11) is 3.83. The van der Waals surface area contributed by atoms with Crippen molar-refractivity contribution in [3.8, 4) is 5.75 Å². The zero-order valence-corrected chi connectivity index (χ0v) is 17.3. The predicted octanol–water partition coefficient (Wildman–Crippen LogP) is 3.00. The Balaban J connectivity index is 0.00000338. The SMILES string of the molecule is CN=C(NCc1ccc(OCC(F)(F)F)cc1)NCC1CCCN1C.I. The van der Waals surface area contributed by atoms with Crippen molar-refractivity contribution in [3.63, 3.8) is 0 Å².